The van der Waals surface area contributed by atoms with Crippen molar-refractivity contribution in [2.24, 2.45) is 0 Å². The van der Waals surface area contributed by atoms with Crippen LogP contribution in [0.25, 0.3) is 0 Å². The third kappa shape index (κ3) is 5.25. The van der Waals surface area contributed by atoms with Crippen LogP contribution in [0.3, 0.4) is 0 Å². The fourth-order valence-corrected chi connectivity index (χ4v) is 4.24. The van der Waals surface area contributed by atoms with Gasteiger partial charge in [-0.05, 0) is 51.3 Å². The van der Waals surface area contributed by atoms with Crippen LogP contribution in [0.5, 0.6) is 5.75 Å². The molecule has 146 valence electrons. The molecular weight excluding hydrogens is 360 g/mol. The van der Waals surface area contributed by atoms with Crippen molar-refractivity contribution in [1.82, 2.24) is 20.1 Å². The molecule has 0 radical (unpaired) electrons. The zero-order valence-electron chi connectivity index (χ0n) is 16.3. The molecule has 27 heavy (non-hydrogen) atoms. The SMILES string of the molecule is CCn1c(SCC(=O)NC2CCCC2)nnc1C(C)Oc1cccc(C)c1. The van der Waals surface area contributed by atoms with Crippen molar-refractivity contribution in [3.05, 3.63) is 35.7 Å². The summed E-state index contributed by atoms with van der Waals surface area (Å²) >= 11 is 1.43. The summed E-state index contributed by atoms with van der Waals surface area (Å²) in [7, 11) is 0. The average Bonchev–Trinajstić information content (AvgIpc) is 3.29. The summed E-state index contributed by atoms with van der Waals surface area (Å²) < 4.78 is 8.06. The number of hydrogen-bond acceptors (Lipinski definition) is 5. The van der Waals surface area contributed by atoms with Crippen LogP contribution in [0.1, 0.15) is 57.0 Å². The molecule has 6 nitrogen and oxygen atoms in total. The first kappa shape index (κ1) is 19.7. The average molecular weight is 389 g/mol. The van der Waals surface area contributed by atoms with E-state index in [1.807, 2.05) is 42.7 Å². The molecule has 1 heterocycles. The minimum absolute atomic E-state index is 0.0724. The first-order chi connectivity index (χ1) is 13.1. The van der Waals surface area contributed by atoms with E-state index in [9.17, 15) is 4.79 Å². The molecule has 1 unspecified atom stereocenters. The van der Waals surface area contributed by atoms with Crippen LogP contribution in [0.4, 0.5) is 0 Å². The van der Waals surface area contributed by atoms with Gasteiger partial charge in [0.05, 0.1) is 5.75 Å². The lowest BCUT2D eigenvalue weighted by atomic mass is 10.2. The predicted octanol–water partition coefficient (Wildman–Crippen LogP) is 3.90. The van der Waals surface area contributed by atoms with Crippen LogP contribution in [0.15, 0.2) is 29.4 Å². The van der Waals surface area contributed by atoms with Crippen LogP contribution < -0.4 is 10.1 Å². The molecule has 1 fully saturated rings. The maximum atomic E-state index is 12.2. The number of thioether (sulfide) groups is 1. The Morgan fingerprint density at radius 2 is 2.15 bits per heavy atom. The molecule has 1 N–H and O–H groups in total. The van der Waals surface area contributed by atoms with Crippen LogP contribution in [0.2, 0.25) is 0 Å². The summed E-state index contributed by atoms with van der Waals surface area (Å²) in [6, 6.07) is 8.31. The Morgan fingerprint density at radius 3 is 2.85 bits per heavy atom. The van der Waals surface area contributed by atoms with Crippen molar-refractivity contribution >= 4 is 17.7 Å². The van der Waals surface area contributed by atoms with E-state index in [1.165, 1.54) is 24.6 Å². The van der Waals surface area contributed by atoms with E-state index in [2.05, 4.69) is 22.4 Å². The Labute approximate surface area is 165 Å². The third-order valence-corrected chi connectivity index (χ3v) is 5.75. The summed E-state index contributed by atoms with van der Waals surface area (Å²) in [5.74, 6) is 2.03. The Kier molecular flexibility index (Phi) is 6.77. The highest BCUT2D eigenvalue weighted by atomic mass is 32.2. The Hall–Kier alpha value is -2.02. The number of hydrogen-bond donors (Lipinski definition) is 1. The minimum Gasteiger partial charge on any atom is -0.483 e. The maximum absolute atomic E-state index is 12.2. The van der Waals surface area contributed by atoms with Crippen LogP contribution in [-0.2, 0) is 11.3 Å². The van der Waals surface area contributed by atoms with E-state index in [4.69, 9.17) is 4.74 Å². The molecule has 1 saturated carbocycles. The van der Waals surface area contributed by atoms with Crippen molar-refractivity contribution in [3.8, 4) is 5.75 Å². The van der Waals surface area contributed by atoms with Crippen molar-refractivity contribution in [3.63, 3.8) is 0 Å². The van der Waals surface area contributed by atoms with Crippen molar-refractivity contribution in [1.29, 1.82) is 0 Å². The van der Waals surface area contributed by atoms with Gasteiger partial charge < -0.3 is 14.6 Å². The number of aromatic nitrogens is 3. The first-order valence-corrected chi connectivity index (χ1v) is 10.6. The number of nitrogens with zero attached hydrogens (tertiary/aromatic N) is 3. The number of carbonyl (C=O) groups excluding carboxylic acids is 1. The number of benzene rings is 1. The Bertz CT molecular complexity index is 771. The fourth-order valence-electron chi connectivity index (χ4n) is 3.42. The van der Waals surface area contributed by atoms with Gasteiger partial charge in [0, 0.05) is 12.6 Å². The van der Waals surface area contributed by atoms with Gasteiger partial charge in [0.25, 0.3) is 0 Å². The van der Waals surface area contributed by atoms with Crippen molar-refractivity contribution < 1.29 is 9.53 Å². The topological polar surface area (TPSA) is 69.0 Å². The van der Waals surface area contributed by atoms with Crippen molar-refractivity contribution in [2.75, 3.05) is 5.75 Å². The second kappa shape index (κ2) is 9.26. The first-order valence-electron chi connectivity index (χ1n) is 9.65. The fraction of sp³-hybridized carbons (Fsp3) is 0.550. The van der Waals surface area contributed by atoms with Gasteiger partial charge in [-0.15, -0.1) is 10.2 Å². The molecule has 7 heteroatoms. The molecule has 1 aromatic heterocycles. The molecule has 0 aliphatic heterocycles. The summed E-state index contributed by atoms with van der Waals surface area (Å²) in [5, 5.41) is 12.5. The second-order valence-electron chi connectivity index (χ2n) is 7.00. The monoisotopic (exact) mass is 388 g/mol. The van der Waals surface area contributed by atoms with Gasteiger partial charge in [-0.25, -0.2) is 0 Å². The number of aryl methyl sites for hydroxylation is 1. The van der Waals surface area contributed by atoms with Gasteiger partial charge in [0.1, 0.15) is 5.75 Å². The lowest BCUT2D eigenvalue weighted by Crippen LogP contribution is -2.33. The molecule has 0 spiro atoms. The summed E-state index contributed by atoms with van der Waals surface area (Å²) in [4.78, 5) is 12.2. The van der Waals surface area contributed by atoms with Crippen LogP contribution in [-0.4, -0.2) is 32.5 Å². The number of amides is 1. The number of nitrogens with one attached hydrogen (secondary N) is 1. The highest BCUT2D eigenvalue weighted by molar-refractivity contribution is 7.99. The van der Waals surface area contributed by atoms with E-state index in [0.29, 0.717) is 11.8 Å². The Balaban J connectivity index is 1.60. The molecule has 3 rings (SSSR count). The van der Waals surface area contributed by atoms with E-state index in [-0.39, 0.29) is 12.0 Å². The quantitative estimate of drug-likeness (QED) is 0.695. The summed E-state index contributed by atoms with van der Waals surface area (Å²) in [5.41, 5.74) is 1.15. The largest absolute Gasteiger partial charge is 0.483 e. The third-order valence-electron chi connectivity index (χ3n) is 4.78. The molecule has 1 aliphatic carbocycles. The zero-order valence-corrected chi connectivity index (χ0v) is 17.1. The zero-order chi connectivity index (χ0) is 19.2. The molecule has 0 bridgehead atoms. The van der Waals surface area contributed by atoms with Gasteiger partial charge in [-0.1, -0.05) is 36.7 Å². The number of ether oxygens (including phenoxy) is 1. The summed E-state index contributed by atoms with van der Waals surface area (Å²) in [6.07, 6.45) is 4.40. The number of rotatable bonds is 8. The maximum Gasteiger partial charge on any atom is 0.230 e. The van der Waals surface area contributed by atoms with Gasteiger partial charge >= 0.3 is 0 Å². The normalized spacial score (nSPS) is 15.7. The molecule has 1 amide bonds. The molecule has 1 aliphatic rings. The van der Waals surface area contributed by atoms with Crippen LogP contribution >= 0.6 is 11.8 Å². The highest BCUT2D eigenvalue weighted by Crippen LogP contribution is 2.25. The Morgan fingerprint density at radius 1 is 1.37 bits per heavy atom. The van der Waals surface area contributed by atoms with Gasteiger partial charge in [-0.3, -0.25) is 4.79 Å². The minimum atomic E-state index is -0.221. The summed E-state index contributed by atoms with van der Waals surface area (Å²) in [6.45, 7) is 6.79. The standard InChI is InChI=1S/C20H28N4O2S/c1-4-24-19(15(3)26-17-11-7-8-14(2)12-17)22-23-20(24)27-13-18(25)21-16-9-5-6-10-16/h7-8,11-12,15-16H,4-6,9-10,13H2,1-3H3,(H,21,25). The van der Waals surface area contributed by atoms with E-state index < -0.39 is 0 Å². The molecular formula is C20H28N4O2S. The molecule has 1 atom stereocenters. The lowest BCUT2D eigenvalue weighted by Gasteiger charge is -2.16. The van der Waals surface area contributed by atoms with Gasteiger partial charge in [-0.2, -0.15) is 0 Å². The van der Waals surface area contributed by atoms with Crippen LogP contribution in [0, 0.1) is 6.92 Å². The molecule has 0 saturated heterocycles. The van der Waals surface area contributed by atoms with E-state index >= 15 is 0 Å². The van der Waals surface area contributed by atoms with Gasteiger partial charge in [0.15, 0.2) is 17.1 Å². The van der Waals surface area contributed by atoms with Gasteiger partial charge in [0.2, 0.25) is 5.91 Å². The smallest absolute Gasteiger partial charge is 0.230 e. The van der Waals surface area contributed by atoms with E-state index in [0.717, 1.165) is 41.7 Å². The molecule has 2 aromatic rings. The van der Waals surface area contributed by atoms with Crippen molar-refractivity contribution in [2.45, 2.75) is 70.3 Å². The highest BCUT2D eigenvalue weighted by Gasteiger charge is 2.21. The number of carbonyl (C=O) groups is 1. The lowest BCUT2D eigenvalue weighted by molar-refractivity contribution is -0.119. The molecule has 1 aromatic carbocycles. The predicted molar refractivity (Wildman–Crippen MR) is 107 cm³/mol. The second-order valence-corrected chi connectivity index (χ2v) is 7.94. The van der Waals surface area contributed by atoms with E-state index in [1.54, 1.807) is 0 Å².